The zero-order valence-corrected chi connectivity index (χ0v) is 9.67. The van der Waals surface area contributed by atoms with Crippen molar-refractivity contribution in [3.63, 3.8) is 0 Å². The molecule has 2 fully saturated rings. The Balaban J connectivity index is 1.79. The van der Waals surface area contributed by atoms with E-state index in [1.165, 1.54) is 12.8 Å². The highest BCUT2D eigenvalue weighted by atomic mass is 32.1. The molecule has 5 heteroatoms. The van der Waals surface area contributed by atoms with Crippen LogP contribution in [0.25, 0.3) is 0 Å². The van der Waals surface area contributed by atoms with E-state index in [2.05, 4.69) is 4.90 Å². The molecule has 0 aromatic heterocycles. The lowest BCUT2D eigenvalue weighted by molar-refractivity contribution is -0.0146. The van der Waals surface area contributed by atoms with E-state index in [9.17, 15) is 0 Å². The SMILES string of the molecule is NC(=S)C1CN(CC2CCCO2)CCO1. The van der Waals surface area contributed by atoms with Crippen LogP contribution < -0.4 is 5.73 Å². The van der Waals surface area contributed by atoms with Crippen LogP contribution in [0.2, 0.25) is 0 Å². The second kappa shape index (κ2) is 5.21. The Labute approximate surface area is 95.7 Å². The molecule has 0 spiro atoms. The number of hydrogen-bond donors (Lipinski definition) is 1. The quantitative estimate of drug-likeness (QED) is 0.700. The molecule has 4 nitrogen and oxygen atoms in total. The van der Waals surface area contributed by atoms with Gasteiger partial charge in [0.05, 0.1) is 12.7 Å². The van der Waals surface area contributed by atoms with Gasteiger partial charge >= 0.3 is 0 Å². The molecule has 0 saturated carbocycles. The van der Waals surface area contributed by atoms with Gasteiger partial charge < -0.3 is 15.2 Å². The first-order valence-corrected chi connectivity index (χ1v) is 5.91. The van der Waals surface area contributed by atoms with Crippen molar-refractivity contribution >= 4 is 17.2 Å². The fourth-order valence-corrected chi connectivity index (χ4v) is 2.26. The van der Waals surface area contributed by atoms with E-state index >= 15 is 0 Å². The number of ether oxygens (including phenoxy) is 2. The van der Waals surface area contributed by atoms with Gasteiger partial charge in [-0.25, -0.2) is 0 Å². The molecule has 15 heavy (non-hydrogen) atoms. The van der Waals surface area contributed by atoms with Crippen LogP contribution in [-0.4, -0.2) is 54.9 Å². The molecule has 2 heterocycles. The molecule has 0 radical (unpaired) electrons. The molecular formula is C10H18N2O2S. The van der Waals surface area contributed by atoms with Gasteiger partial charge in [-0.2, -0.15) is 0 Å². The summed E-state index contributed by atoms with van der Waals surface area (Å²) in [5, 5.41) is 0. The third kappa shape index (κ3) is 3.11. The van der Waals surface area contributed by atoms with Crippen LogP contribution in [-0.2, 0) is 9.47 Å². The lowest BCUT2D eigenvalue weighted by Crippen LogP contribution is -2.49. The Morgan fingerprint density at radius 3 is 2.93 bits per heavy atom. The van der Waals surface area contributed by atoms with Crippen molar-refractivity contribution in [1.82, 2.24) is 4.90 Å². The van der Waals surface area contributed by atoms with Crippen LogP contribution in [0.5, 0.6) is 0 Å². The largest absolute Gasteiger partial charge is 0.391 e. The topological polar surface area (TPSA) is 47.7 Å². The van der Waals surface area contributed by atoms with Crippen LogP contribution in [0.3, 0.4) is 0 Å². The maximum Gasteiger partial charge on any atom is 0.120 e. The first kappa shape index (κ1) is 11.3. The first-order valence-electron chi connectivity index (χ1n) is 5.50. The second-order valence-corrected chi connectivity index (χ2v) is 4.63. The number of thiocarbonyl (C=S) groups is 1. The predicted molar refractivity (Wildman–Crippen MR) is 61.9 cm³/mol. The number of nitrogens with zero attached hydrogens (tertiary/aromatic N) is 1. The highest BCUT2D eigenvalue weighted by Gasteiger charge is 2.25. The molecular weight excluding hydrogens is 212 g/mol. The molecule has 0 amide bonds. The molecule has 0 aliphatic carbocycles. The van der Waals surface area contributed by atoms with Crippen LogP contribution in [0.4, 0.5) is 0 Å². The van der Waals surface area contributed by atoms with Crippen molar-refractivity contribution in [2.24, 2.45) is 5.73 Å². The van der Waals surface area contributed by atoms with E-state index in [1.807, 2.05) is 0 Å². The monoisotopic (exact) mass is 230 g/mol. The summed E-state index contributed by atoms with van der Waals surface area (Å²) in [6, 6.07) is 0. The van der Waals surface area contributed by atoms with Gasteiger partial charge in [0.2, 0.25) is 0 Å². The van der Waals surface area contributed by atoms with Crippen molar-refractivity contribution in [2.45, 2.75) is 25.0 Å². The molecule has 2 atom stereocenters. The molecule has 2 N–H and O–H groups in total. The normalized spacial score (nSPS) is 33.1. The number of morpholine rings is 1. The van der Waals surface area contributed by atoms with Gasteiger partial charge in [0.1, 0.15) is 11.1 Å². The van der Waals surface area contributed by atoms with E-state index in [-0.39, 0.29) is 6.10 Å². The average molecular weight is 230 g/mol. The van der Waals surface area contributed by atoms with Gasteiger partial charge in [0.15, 0.2) is 0 Å². The molecule has 86 valence electrons. The van der Waals surface area contributed by atoms with Gasteiger partial charge in [-0.3, -0.25) is 4.90 Å². The van der Waals surface area contributed by atoms with Crippen molar-refractivity contribution < 1.29 is 9.47 Å². The van der Waals surface area contributed by atoms with Crippen LogP contribution in [0.15, 0.2) is 0 Å². The Morgan fingerprint density at radius 2 is 2.27 bits per heavy atom. The lowest BCUT2D eigenvalue weighted by atomic mass is 10.2. The Hall–Kier alpha value is -0.230. The van der Waals surface area contributed by atoms with Gasteiger partial charge in [-0.05, 0) is 12.8 Å². The van der Waals surface area contributed by atoms with Crippen LogP contribution in [0.1, 0.15) is 12.8 Å². The predicted octanol–water partition coefficient (Wildman–Crippen LogP) is 0.152. The average Bonchev–Trinajstić information content (AvgIpc) is 2.71. The summed E-state index contributed by atoms with van der Waals surface area (Å²) in [5.74, 6) is 0. The molecule has 0 bridgehead atoms. The standard InChI is InChI=1S/C10H18N2O2S/c11-10(15)9-7-12(3-5-14-9)6-8-2-1-4-13-8/h8-9H,1-7H2,(H2,11,15). The minimum atomic E-state index is -0.0739. The maximum atomic E-state index is 5.60. The van der Waals surface area contributed by atoms with Crippen molar-refractivity contribution in [3.05, 3.63) is 0 Å². The van der Waals surface area contributed by atoms with E-state index in [0.717, 1.165) is 26.2 Å². The van der Waals surface area contributed by atoms with Crippen LogP contribution in [0, 0.1) is 0 Å². The summed E-state index contributed by atoms with van der Waals surface area (Å²) in [7, 11) is 0. The van der Waals surface area contributed by atoms with E-state index in [4.69, 9.17) is 27.4 Å². The number of hydrogen-bond acceptors (Lipinski definition) is 4. The van der Waals surface area contributed by atoms with Crippen molar-refractivity contribution in [1.29, 1.82) is 0 Å². The summed E-state index contributed by atoms with van der Waals surface area (Å²) < 4.78 is 11.1. The zero-order chi connectivity index (χ0) is 10.7. The molecule has 0 aromatic rings. The Morgan fingerprint density at radius 1 is 1.40 bits per heavy atom. The summed E-state index contributed by atoms with van der Waals surface area (Å²) in [6.07, 6.45) is 2.69. The summed E-state index contributed by atoms with van der Waals surface area (Å²) in [5.41, 5.74) is 5.59. The summed E-state index contributed by atoms with van der Waals surface area (Å²) in [6.45, 7) is 4.39. The zero-order valence-electron chi connectivity index (χ0n) is 8.85. The molecule has 2 rings (SSSR count). The van der Waals surface area contributed by atoms with Crippen molar-refractivity contribution in [2.75, 3.05) is 32.8 Å². The van der Waals surface area contributed by atoms with Crippen LogP contribution >= 0.6 is 12.2 Å². The highest BCUT2D eigenvalue weighted by Crippen LogP contribution is 2.15. The fourth-order valence-electron chi connectivity index (χ4n) is 2.12. The lowest BCUT2D eigenvalue weighted by Gasteiger charge is -2.33. The molecule has 2 aliphatic heterocycles. The highest BCUT2D eigenvalue weighted by molar-refractivity contribution is 7.80. The van der Waals surface area contributed by atoms with Gasteiger partial charge in [0, 0.05) is 26.2 Å². The van der Waals surface area contributed by atoms with Gasteiger partial charge in [0.25, 0.3) is 0 Å². The Kier molecular flexibility index (Phi) is 3.91. The van der Waals surface area contributed by atoms with E-state index in [0.29, 0.717) is 17.7 Å². The van der Waals surface area contributed by atoms with E-state index in [1.54, 1.807) is 0 Å². The minimum Gasteiger partial charge on any atom is -0.391 e. The molecule has 2 unspecified atom stereocenters. The molecule has 0 aromatic carbocycles. The Bertz CT molecular complexity index is 231. The smallest absolute Gasteiger partial charge is 0.120 e. The van der Waals surface area contributed by atoms with E-state index < -0.39 is 0 Å². The van der Waals surface area contributed by atoms with Gasteiger partial charge in [-0.15, -0.1) is 0 Å². The minimum absolute atomic E-state index is 0.0739. The summed E-state index contributed by atoms with van der Waals surface area (Å²) >= 11 is 4.95. The number of rotatable bonds is 3. The van der Waals surface area contributed by atoms with Gasteiger partial charge in [-0.1, -0.05) is 12.2 Å². The molecule has 2 saturated heterocycles. The third-order valence-electron chi connectivity index (χ3n) is 2.95. The van der Waals surface area contributed by atoms with Crippen molar-refractivity contribution in [3.8, 4) is 0 Å². The molecule has 2 aliphatic rings. The third-order valence-corrected chi connectivity index (χ3v) is 3.22. The second-order valence-electron chi connectivity index (χ2n) is 4.16. The fraction of sp³-hybridized carbons (Fsp3) is 0.900. The maximum absolute atomic E-state index is 5.60. The summed E-state index contributed by atoms with van der Waals surface area (Å²) in [4.78, 5) is 2.80. The number of nitrogens with two attached hydrogens (primary N) is 1. The first-order chi connectivity index (χ1) is 7.25.